The van der Waals surface area contributed by atoms with E-state index in [1.807, 2.05) is 38.3 Å². The molecule has 0 amide bonds. The molecule has 0 fully saturated rings. The van der Waals surface area contributed by atoms with Gasteiger partial charge >= 0.3 is 12.1 Å². The third-order valence-corrected chi connectivity index (χ3v) is 9.10. The SMILES string of the molecule is C=C(S/C=C(\CC)CC(C)(C)C(=O)O)[C@](C)(C(=O)CC)c1c(C)nc(-c2cn(CCCC(F)(F)F)c(C)c2/C=C\C)nc1N. The van der Waals surface area contributed by atoms with Gasteiger partial charge in [-0.15, -0.1) is 11.8 Å². The number of carboxylic acids is 1. The van der Waals surface area contributed by atoms with Gasteiger partial charge in [0.2, 0.25) is 0 Å². The van der Waals surface area contributed by atoms with Crippen LogP contribution in [-0.2, 0) is 21.5 Å². The van der Waals surface area contributed by atoms with Gasteiger partial charge in [0.1, 0.15) is 11.6 Å². The molecule has 2 heterocycles. The van der Waals surface area contributed by atoms with Crippen molar-refractivity contribution in [3.63, 3.8) is 0 Å². The van der Waals surface area contributed by atoms with Gasteiger partial charge in [0.05, 0.1) is 10.8 Å². The zero-order valence-corrected chi connectivity index (χ0v) is 27.8. The second kappa shape index (κ2) is 14.6. The normalized spacial score (nSPS) is 14.2. The van der Waals surface area contributed by atoms with Crippen LogP contribution in [0.4, 0.5) is 19.0 Å². The summed E-state index contributed by atoms with van der Waals surface area (Å²) in [6.07, 6.45) is 1.47. The Kier molecular flexibility index (Phi) is 12.2. The molecule has 0 aliphatic heterocycles. The summed E-state index contributed by atoms with van der Waals surface area (Å²) in [6.45, 7) is 18.7. The van der Waals surface area contributed by atoms with Crippen LogP contribution in [0.5, 0.6) is 0 Å². The monoisotopic (exact) mass is 634 g/mol. The van der Waals surface area contributed by atoms with Crippen molar-refractivity contribution in [1.29, 1.82) is 0 Å². The minimum atomic E-state index is -4.23. The van der Waals surface area contributed by atoms with E-state index in [4.69, 9.17) is 10.7 Å². The maximum atomic E-state index is 13.5. The van der Waals surface area contributed by atoms with Crippen LogP contribution in [0.25, 0.3) is 17.5 Å². The zero-order chi connectivity index (χ0) is 33.6. The number of hydrogen-bond donors (Lipinski definition) is 2. The lowest BCUT2D eigenvalue weighted by atomic mass is 9.76. The fourth-order valence-corrected chi connectivity index (χ4v) is 6.21. The second-order valence-corrected chi connectivity index (χ2v) is 12.7. The van der Waals surface area contributed by atoms with Crippen LogP contribution in [0.1, 0.15) is 96.2 Å². The Labute approximate surface area is 262 Å². The summed E-state index contributed by atoms with van der Waals surface area (Å²) in [5.74, 6) is -0.598. The van der Waals surface area contributed by atoms with Crippen LogP contribution in [0, 0.1) is 19.3 Å². The number of carbonyl (C=O) groups is 2. The minimum Gasteiger partial charge on any atom is -0.481 e. The molecule has 0 aromatic carbocycles. The first-order valence-electron chi connectivity index (χ1n) is 14.7. The quantitative estimate of drug-likeness (QED) is 0.201. The first kappa shape index (κ1) is 36.8. The maximum absolute atomic E-state index is 13.5. The molecule has 11 heteroatoms. The number of nitrogens with zero attached hydrogens (tertiary/aromatic N) is 3. The highest BCUT2D eigenvalue weighted by Crippen LogP contribution is 2.44. The van der Waals surface area contributed by atoms with Gasteiger partial charge in [-0.3, -0.25) is 9.59 Å². The Morgan fingerprint density at radius 2 is 1.77 bits per heavy atom. The number of ketones is 1. The Hall–Kier alpha value is -3.34. The Morgan fingerprint density at radius 3 is 2.27 bits per heavy atom. The number of hydrogen-bond acceptors (Lipinski definition) is 6. The van der Waals surface area contributed by atoms with Gasteiger partial charge in [-0.05, 0) is 71.1 Å². The first-order chi connectivity index (χ1) is 20.3. The summed E-state index contributed by atoms with van der Waals surface area (Å²) in [7, 11) is 0. The molecular weight excluding hydrogens is 589 g/mol. The van der Waals surface area contributed by atoms with Crippen molar-refractivity contribution in [1.82, 2.24) is 14.5 Å². The summed E-state index contributed by atoms with van der Waals surface area (Å²) in [5.41, 5.74) is 8.43. The van der Waals surface area contributed by atoms with E-state index in [1.165, 1.54) is 11.8 Å². The smallest absolute Gasteiger partial charge is 0.389 e. The third-order valence-electron chi connectivity index (χ3n) is 7.95. The number of halogens is 3. The molecule has 0 aliphatic rings. The van der Waals surface area contributed by atoms with Gasteiger partial charge in [-0.25, -0.2) is 9.97 Å². The number of thioether (sulfide) groups is 1. The maximum Gasteiger partial charge on any atom is 0.389 e. The van der Waals surface area contributed by atoms with Crippen molar-refractivity contribution in [2.45, 2.75) is 106 Å². The second-order valence-electron chi connectivity index (χ2n) is 11.8. The lowest BCUT2D eigenvalue weighted by Gasteiger charge is -2.32. The Morgan fingerprint density at radius 1 is 1.14 bits per heavy atom. The van der Waals surface area contributed by atoms with Gasteiger partial charge in [-0.1, -0.05) is 38.2 Å². The summed E-state index contributed by atoms with van der Waals surface area (Å²) in [5, 5.41) is 11.4. The van der Waals surface area contributed by atoms with E-state index in [2.05, 4.69) is 11.6 Å². The standard InChI is InChI=1S/C33H45F3N4O3S/c1-10-14-24-21(5)40(16-13-15-33(34,35)36)18-25(24)29-38-20(4)27(28(37)39-29)32(9,26(41)12-3)22(6)44-19-23(11-2)17-31(7,8)30(42)43/h10,14,18-19H,6,11-13,15-17H2,1-5,7-9H3,(H,42,43)(H2,37,38,39)/b14-10-,23-19+/t32-/m1/s1. The van der Waals surface area contributed by atoms with E-state index in [0.717, 1.165) is 16.8 Å². The van der Waals surface area contributed by atoms with Crippen molar-refractivity contribution in [2.75, 3.05) is 5.73 Å². The lowest BCUT2D eigenvalue weighted by molar-refractivity contribution is -0.146. The van der Waals surface area contributed by atoms with Crippen molar-refractivity contribution < 1.29 is 27.9 Å². The van der Waals surface area contributed by atoms with Crippen LogP contribution >= 0.6 is 11.8 Å². The van der Waals surface area contributed by atoms with E-state index in [9.17, 15) is 27.9 Å². The fraction of sp³-hybridized carbons (Fsp3) is 0.515. The van der Waals surface area contributed by atoms with Crippen molar-refractivity contribution in [3.8, 4) is 11.4 Å². The largest absolute Gasteiger partial charge is 0.481 e. The third kappa shape index (κ3) is 8.43. The average molecular weight is 635 g/mol. The molecule has 0 radical (unpaired) electrons. The van der Waals surface area contributed by atoms with E-state index in [-0.39, 0.29) is 31.0 Å². The summed E-state index contributed by atoms with van der Waals surface area (Å²) < 4.78 is 40.1. The molecule has 2 aromatic heterocycles. The molecule has 242 valence electrons. The molecule has 0 saturated heterocycles. The average Bonchev–Trinajstić information content (AvgIpc) is 3.23. The highest BCUT2D eigenvalue weighted by molar-refractivity contribution is 8.05. The number of carboxylic acid groups (broad SMARTS) is 1. The number of aryl methyl sites for hydroxylation is 2. The molecule has 0 bridgehead atoms. The molecule has 2 rings (SSSR count). The number of nitrogen functional groups attached to an aromatic ring is 1. The molecule has 0 spiro atoms. The van der Waals surface area contributed by atoms with Crippen molar-refractivity contribution in [3.05, 3.63) is 57.3 Å². The number of anilines is 1. The molecule has 44 heavy (non-hydrogen) atoms. The molecule has 1 atom stereocenters. The highest BCUT2D eigenvalue weighted by atomic mass is 32.2. The molecule has 0 unspecified atom stereocenters. The van der Waals surface area contributed by atoms with Crippen LogP contribution in [0.3, 0.4) is 0 Å². The summed E-state index contributed by atoms with van der Waals surface area (Å²) >= 11 is 1.27. The predicted octanol–water partition coefficient (Wildman–Crippen LogP) is 8.80. The van der Waals surface area contributed by atoms with Gasteiger partial charge < -0.3 is 15.4 Å². The molecular formula is C33H45F3N4O3S. The molecule has 0 aliphatic carbocycles. The Bertz CT molecular complexity index is 1430. The number of alkyl halides is 3. The molecule has 7 nitrogen and oxygen atoms in total. The van der Waals surface area contributed by atoms with E-state index >= 15 is 0 Å². The number of rotatable bonds is 15. The number of carbonyl (C=O) groups excluding carboxylic acids is 1. The van der Waals surface area contributed by atoms with Crippen LogP contribution in [0.15, 0.2) is 34.7 Å². The molecule has 3 N–H and O–H groups in total. The van der Waals surface area contributed by atoms with Crippen LogP contribution in [0.2, 0.25) is 0 Å². The fourth-order valence-electron chi connectivity index (χ4n) is 5.20. The topological polar surface area (TPSA) is 111 Å². The van der Waals surface area contributed by atoms with Gasteiger partial charge in [0, 0.05) is 53.7 Å². The molecule has 2 aromatic rings. The Balaban J connectivity index is 2.58. The van der Waals surface area contributed by atoms with Crippen LogP contribution < -0.4 is 5.73 Å². The number of Topliss-reactive ketones (excluding diaryl/α,β-unsaturated/α-hetero) is 1. The van der Waals surface area contributed by atoms with Gasteiger partial charge in [0.25, 0.3) is 0 Å². The summed E-state index contributed by atoms with van der Waals surface area (Å²) in [4.78, 5) is 35.1. The van der Waals surface area contributed by atoms with Crippen molar-refractivity contribution >= 4 is 35.4 Å². The van der Waals surface area contributed by atoms with Crippen molar-refractivity contribution in [2.24, 2.45) is 5.41 Å². The predicted molar refractivity (Wildman–Crippen MR) is 173 cm³/mol. The zero-order valence-electron chi connectivity index (χ0n) is 27.0. The van der Waals surface area contributed by atoms with Crippen LogP contribution in [-0.4, -0.2) is 37.6 Å². The number of aromatic nitrogens is 3. The minimum absolute atomic E-state index is 0.0615. The van der Waals surface area contributed by atoms with E-state index in [0.29, 0.717) is 40.4 Å². The van der Waals surface area contributed by atoms with Gasteiger partial charge in [-0.2, -0.15) is 13.2 Å². The highest BCUT2D eigenvalue weighted by Gasteiger charge is 2.41. The van der Waals surface area contributed by atoms with E-state index < -0.39 is 29.4 Å². The molecule has 0 saturated carbocycles. The number of aliphatic carboxylic acids is 1. The lowest BCUT2D eigenvalue weighted by Crippen LogP contribution is -2.35. The van der Waals surface area contributed by atoms with Gasteiger partial charge in [0.15, 0.2) is 5.82 Å². The van der Waals surface area contributed by atoms with E-state index in [1.54, 1.807) is 45.4 Å². The summed E-state index contributed by atoms with van der Waals surface area (Å²) in [6, 6.07) is 0. The first-order valence-corrected chi connectivity index (χ1v) is 15.6. The number of allylic oxidation sites excluding steroid dienone is 3. The number of nitrogens with two attached hydrogens (primary N) is 1.